The third-order valence-corrected chi connectivity index (χ3v) is 2.61. The first-order valence-electron chi connectivity index (χ1n) is 5.35. The second-order valence-electron chi connectivity index (χ2n) is 3.84. The number of rotatable bonds is 4. The minimum Gasteiger partial charge on any atom is -0.441 e. The Morgan fingerprint density at radius 3 is 2.71 bits per heavy atom. The van der Waals surface area contributed by atoms with Gasteiger partial charge in [-0.3, -0.25) is 4.79 Å². The molecule has 0 aliphatic heterocycles. The van der Waals surface area contributed by atoms with Crippen LogP contribution in [0.1, 0.15) is 17.9 Å². The molecule has 2 rings (SSSR count). The third-order valence-electron chi connectivity index (χ3n) is 2.43. The maximum atomic E-state index is 10.6. The molecule has 1 aromatic heterocycles. The zero-order chi connectivity index (χ0) is 12.3. The molecule has 1 heterocycles. The number of nitrogens with zero attached hydrogens (tertiary/aromatic N) is 1. The van der Waals surface area contributed by atoms with E-state index in [1.165, 1.54) is 5.56 Å². The van der Waals surface area contributed by atoms with Crippen LogP contribution in [-0.4, -0.2) is 10.2 Å². The number of aromatic nitrogens is 1. The molecule has 0 fully saturated rings. The quantitative estimate of drug-likeness (QED) is 0.781. The maximum Gasteiger partial charge on any atom is 0.222 e. The Balaban J connectivity index is 2.12. The molecule has 0 bridgehead atoms. The summed E-state index contributed by atoms with van der Waals surface area (Å²) in [6, 6.07) is 7.98. The summed E-state index contributed by atoms with van der Waals surface area (Å²) in [5.74, 6) is 1.25. The summed E-state index contributed by atoms with van der Waals surface area (Å²) >= 11 is 5.26. The highest BCUT2D eigenvalue weighted by Crippen LogP contribution is 2.21. The molecule has 0 aliphatic carbocycles. The highest BCUT2D eigenvalue weighted by atomic mass is 35.5. The average Bonchev–Trinajstić information content (AvgIpc) is 2.76. The molecule has 17 heavy (non-hydrogen) atoms. The van der Waals surface area contributed by atoms with Gasteiger partial charge in [-0.2, -0.15) is 0 Å². The molecule has 1 aromatic carbocycles. The fourth-order valence-corrected chi connectivity index (χ4v) is 1.58. The van der Waals surface area contributed by atoms with E-state index in [1.807, 2.05) is 31.2 Å². The molecule has 0 aliphatic rings. The van der Waals surface area contributed by atoms with Crippen molar-refractivity contribution < 1.29 is 9.21 Å². The average molecular weight is 250 g/mol. The van der Waals surface area contributed by atoms with Crippen LogP contribution in [0.4, 0.5) is 0 Å². The fourth-order valence-electron chi connectivity index (χ4n) is 1.48. The van der Waals surface area contributed by atoms with E-state index < -0.39 is 0 Å². The first kappa shape index (κ1) is 11.9. The molecule has 88 valence electrons. The summed E-state index contributed by atoms with van der Waals surface area (Å²) in [5, 5.41) is -0.375. The van der Waals surface area contributed by atoms with Crippen LogP contribution in [0.5, 0.6) is 0 Å². The number of carbonyl (C=O) groups excluding carboxylic acids is 1. The van der Waals surface area contributed by atoms with Gasteiger partial charge in [-0.05, 0) is 18.5 Å². The van der Waals surface area contributed by atoms with Gasteiger partial charge in [-0.15, -0.1) is 0 Å². The van der Waals surface area contributed by atoms with Crippen LogP contribution in [0.2, 0.25) is 0 Å². The predicted octanol–water partition coefficient (Wildman–Crippen LogP) is 3.35. The zero-order valence-electron chi connectivity index (χ0n) is 9.44. The van der Waals surface area contributed by atoms with E-state index >= 15 is 0 Å². The summed E-state index contributed by atoms with van der Waals surface area (Å²) in [6.07, 6.45) is 2.35. The number of aryl methyl sites for hydroxylation is 2. The van der Waals surface area contributed by atoms with E-state index in [0.29, 0.717) is 18.1 Å². The van der Waals surface area contributed by atoms with Gasteiger partial charge in [-0.1, -0.05) is 29.8 Å². The topological polar surface area (TPSA) is 43.1 Å². The standard InChI is InChI=1S/C13H12ClNO2/c1-9-2-4-10(5-3-9)11-8-15-13(17-11)7-6-12(14)16/h2-5,8H,6-7H2,1H3. The van der Waals surface area contributed by atoms with E-state index in [9.17, 15) is 4.79 Å². The van der Waals surface area contributed by atoms with Crippen molar-refractivity contribution in [2.24, 2.45) is 0 Å². The van der Waals surface area contributed by atoms with Crippen LogP contribution >= 0.6 is 11.6 Å². The predicted molar refractivity (Wildman–Crippen MR) is 65.9 cm³/mol. The molecule has 2 aromatic rings. The van der Waals surface area contributed by atoms with E-state index in [4.69, 9.17) is 16.0 Å². The van der Waals surface area contributed by atoms with Gasteiger partial charge < -0.3 is 4.42 Å². The molecule has 0 unspecified atom stereocenters. The van der Waals surface area contributed by atoms with Crippen LogP contribution in [0, 0.1) is 6.92 Å². The molecular weight excluding hydrogens is 238 g/mol. The van der Waals surface area contributed by atoms with E-state index in [-0.39, 0.29) is 11.7 Å². The second-order valence-corrected chi connectivity index (χ2v) is 4.26. The van der Waals surface area contributed by atoms with Gasteiger partial charge >= 0.3 is 0 Å². The number of hydrogen-bond donors (Lipinski definition) is 0. The molecule has 0 saturated heterocycles. The van der Waals surface area contributed by atoms with Gasteiger partial charge in [0.1, 0.15) is 0 Å². The number of halogens is 1. The van der Waals surface area contributed by atoms with Crippen molar-refractivity contribution >= 4 is 16.8 Å². The Bertz CT molecular complexity index is 516. The second kappa shape index (κ2) is 5.15. The summed E-state index contributed by atoms with van der Waals surface area (Å²) in [5.41, 5.74) is 2.17. The number of oxazole rings is 1. The van der Waals surface area contributed by atoms with Crippen LogP contribution in [0.3, 0.4) is 0 Å². The third kappa shape index (κ3) is 3.17. The monoisotopic (exact) mass is 249 g/mol. The molecule has 4 heteroatoms. The lowest BCUT2D eigenvalue weighted by Gasteiger charge is -1.96. The lowest BCUT2D eigenvalue weighted by atomic mass is 10.1. The first-order valence-corrected chi connectivity index (χ1v) is 5.73. The number of hydrogen-bond acceptors (Lipinski definition) is 3. The van der Waals surface area contributed by atoms with Gasteiger partial charge in [0, 0.05) is 18.4 Å². The van der Waals surface area contributed by atoms with Gasteiger partial charge in [0.15, 0.2) is 11.7 Å². The van der Waals surface area contributed by atoms with Crippen molar-refractivity contribution in [1.29, 1.82) is 0 Å². The smallest absolute Gasteiger partial charge is 0.222 e. The lowest BCUT2D eigenvalue weighted by Crippen LogP contribution is -1.90. The van der Waals surface area contributed by atoms with Crippen molar-refractivity contribution in [2.75, 3.05) is 0 Å². The molecule has 0 saturated carbocycles. The molecule has 3 nitrogen and oxygen atoms in total. The SMILES string of the molecule is Cc1ccc(-c2cnc(CCC(=O)Cl)o2)cc1. The van der Waals surface area contributed by atoms with Crippen molar-refractivity contribution in [3.63, 3.8) is 0 Å². The Hall–Kier alpha value is -1.61. The summed E-state index contributed by atoms with van der Waals surface area (Å²) < 4.78 is 5.54. The summed E-state index contributed by atoms with van der Waals surface area (Å²) in [4.78, 5) is 14.7. The Labute approximate surface area is 104 Å². The van der Waals surface area contributed by atoms with Crippen molar-refractivity contribution in [1.82, 2.24) is 4.98 Å². The van der Waals surface area contributed by atoms with E-state index in [2.05, 4.69) is 4.98 Å². The molecule has 0 atom stereocenters. The fraction of sp³-hybridized carbons (Fsp3) is 0.231. The molecule has 0 spiro atoms. The number of carbonyl (C=O) groups is 1. The minimum atomic E-state index is -0.375. The van der Waals surface area contributed by atoms with Crippen molar-refractivity contribution in [3.05, 3.63) is 41.9 Å². The first-order chi connectivity index (χ1) is 8.15. The highest BCUT2D eigenvalue weighted by molar-refractivity contribution is 6.63. The van der Waals surface area contributed by atoms with E-state index in [0.717, 1.165) is 5.56 Å². The van der Waals surface area contributed by atoms with Gasteiger partial charge in [0.05, 0.1) is 6.20 Å². The van der Waals surface area contributed by atoms with E-state index in [1.54, 1.807) is 6.20 Å². The maximum absolute atomic E-state index is 10.6. The molecular formula is C13H12ClNO2. The van der Waals surface area contributed by atoms with Gasteiger partial charge in [0.25, 0.3) is 0 Å². The summed E-state index contributed by atoms with van der Waals surface area (Å²) in [6.45, 7) is 2.03. The van der Waals surface area contributed by atoms with Crippen LogP contribution in [0.15, 0.2) is 34.9 Å². The van der Waals surface area contributed by atoms with Gasteiger partial charge in [0.2, 0.25) is 5.24 Å². The Morgan fingerprint density at radius 2 is 2.06 bits per heavy atom. The minimum absolute atomic E-state index is 0.245. The largest absolute Gasteiger partial charge is 0.441 e. The van der Waals surface area contributed by atoms with Gasteiger partial charge in [-0.25, -0.2) is 4.98 Å². The normalized spacial score (nSPS) is 10.5. The molecule has 0 N–H and O–H groups in total. The molecule has 0 amide bonds. The Morgan fingerprint density at radius 1 is 1.35 bits per heavy atom. The van der Waals surface area contributed by atoms with Crippen LogP contribution < -0.4 is 0 Å². The zero-order valence-corrected chi connectivity index (χ0v) is 10.2. The molecule has 0 radical (unpaired) electrons. The highest BCUT2D eigenvalue weighted by Gasteiger charge is 2.07. The lowest BCUT2D eigenvalue weighted by molar-refractivity contribution is -0.111. The van der Waals surface area contributed by atoms with Crippen LogP contribution in [-0.2, 0) is 11.2 Å². The summed E-state index contributed by atoms with van der Waals surface area (Å²) in [7, 11) is 0. The number of benzene rings is 1. The van der Waals surface area contributed by atoms with Crippen molar-refractivity contribution in [2.45, 2.75) is 19.8 Å². The Kier molecular flexibility index (Phi) is 3.59. The van der Waals surface area contributed by atoms with Crippen molar-refractivity contribution in [3.8, 4) is 11.3 Å². The van der Waals surface area contributed by atoms with Crippen LogP contribution in [0.25, 0.3) is 11.3 Å².